The SMILES string of the molecule is CN=C/C=C(\N)CS(=O)(=O)c1ccc([N+](=O)[O-])cc1C. The maximum atomic E-state index is 12.2. The summed E-state index contributed by atoms with van der Waals surface area (Å²) in [4.78, 5) is 13.8. The van der Waals surface area contributed by atoms with Crippen LogP contribution in [0.1, 0.15) is 5.56 Å². The summed E-state index contributed by atoms with van der Waals surface area (Å²) in [5, 5.41) is 10.6. The van der Waals surface area contributed by atoms with Crippen molar-refractivity contribution >= 4 is 21.7 Å². The van der Waals surface area contributed by atoms with Gasteiger partial charge >= 0.3 is 0 Å². The fourth-order valence-electron chi connectivity index (χ4n) is 1.61. The monoisotopic (exact) mass is 297 g/mol. The first-order chi connectivity index (χ1) is 9.27. The lowest BCUT2D eigenvalue weighted by atomic mass is 10.2. The number of benzene rings is 1. The second kappa shape index (κ2) is 6.29. The zero-order valence-electron chi connectivity index (χ0n) is 11.1. The second-order valence-corrected chi connectivity index (χ2v) is 6.07. The molecule has 0 unspecified atom stereocenters. The van der Waals surface area contributed by atoms with Crippen LogP contribution in [0.5, 0.6) is 0 Å². The maximum absolute atomic E-state index is 12.2. The van der Waals surface area contributed by atoms with Crippen molar-refractivity contribution in [1.82, 2.24) is 0 Å². The zero-order valence-corrected chi connectivity index (χ0v) is 11.9. The predicted octanol–water partition coefficient (Wildman–Crippen LogP) is 1.22. The van der Waals surface area contributed by atoms with Gasteiger partial charge in [-0.25, -0.2) is 8.42 Å². The van der Waals surface area contributed by atoms with Crippen molar-refractivity contribution in [2.75, 3.05) is 12.8 Å². The molecule has 7 nitrogen and oxygen atoms in total. The summed E-state index contributed by atoms with van der Waals surface area (Å²) in [6, 6.07) is 3.61. The highest BCUT2D eigenvalue weighted by atomic mass is 32.2. The molecular formula is C12H15N3O4S. The average molecular weight is 297 g/mol. The molecule has 0 bridgehead atoms. The van der Waals surface area contributed by atoms with Crippen molar-refractivity contribution in [2.24, 2.45) is 10.7 Å². The van der Waals surface area contributed by atoms with Crippen molar-refractivity contribution in [3.8, 4) is 0 Å². The topological polar surface area (TPSA) is 116 Å². The molecule has 20 heavy (non-hydrogen) atoms. The summed E-state index contributed by atoms with van der Waals surface area (Å²) in [5.74, 6) is -0.363. The third-order valence-corrected chi connectivity index (χ3v) is 4.34. The van der Waals surface area contributed by atoms with Crippen molar-refractivity contribution in [2.45, 2.75) is 11.8 Å². The quantitative estimate of drug-likeness (QED) is 0.498. The normalized spacial score (nSPS) is 12.8. The molecule has 2 N–H and O–H groups in total. The average Bonchev–Trinajstić information content (AvgIpc) is 2.35. The van der Waals surface area contributed by atoms with Crippen LogP contribution in [-0.2, 0) is 9.84 Å². The van der Waals surface area contributed by atoms with Crippen molar-refractivity contribution in [1.29, 1.82) is 0 Å². The van der Waals surface area contributed by atoms with E-state index < -0.39 is 14.8 Å². The molecule has 0 saturated carbocycles. The first-order valence-corrected chi connectivity index (χ1v) is 7.27. The number of nitro groups is 1. The van der Waals surface area contributed by atoms with Crippen LogP contribution in [0.3, 0.4) is 0 Å². The Kier molecular flexibility index (Phi) is 4.98. The summed E-state index contributed by atoms with van der Waals surface area (Å²) in [6.45, 7) is 1.51. The van der Waals surface area contributed by atoms with Crippen LogP contribution in [0.25, 0.3) is 0 Å². The maximum Gasteiger partial charge on any atom is 0.269 e. The Hall–Kier alpha value is -2.22. The largest absolute Gasteiger partial charge is 0.401 e. The zero-order chi connectivity index (χ0) is 15.3. The number of aliphatic imine (C=N–C) groups is 1. The van der Waals surface area contributed by atoms with E-state index in [0.717, 1.165) is 6.07 Å². The minimum Gasteiger partial charge on any atom is -0.401 e. The molecule has 0 aliphatic carbocycles. The van der Waals surface area contributed by atoms with E-state index in [-0.39, 0.29) is 22.0 Å². The fraction of sp³-hybridized carbons (Fsp3) is 0.250. The number of hydrogen-bond donors (Lipinski definition) is 1. The Morgan fingerprint density at radius 3 is 2.65 bits per heavy atom. The van der Waals surface area contributed by atoms with E-state index >= 15 is 0 Å². The van der Waals surface area contributed by atoms with Gasteiger partial charge < -0.3 is 5.73 Å². The van der Waals surface area contributed by atoms with Crippen molar-refractivity contribution in [3.63, 3.8) is 0 Å². The molecule has 1 rings (SSSR count). The van der Waals surface area contributed by atoms with Gasteiger partial charge in [0.25, 0.3) is 5.69 Å². The van der Waals surface area contributed by atoms with Crippen LogP contribution >= 0.6 is 0 Å². The number of aryl methyl sites for hydroxylation is 1. The molecule has 0 radical (unpaired) electrons. The van der Waals surface area contributed by atoms with E-state index in [0.29, 0.717) is 5.56 Å². The predicted molar refractivity (Wildman–Crippen MR) is 76.6 cm³/mol. The van der Waals surface area contributed by atoms with Crippen LogP contribution in [-0.4, -0.2) is 32.4 Å². The number of nitrogens with two attached hydrogens (primary N) is 1. The van der Waals surface area contributed by atoms with E-state index in [1.807, 2.05) is 0 Å². The highest BCUT2D eigenvalue weighted by Gasteiger charge is 2.20. The minimum absolute atomic E-state index is 0.0351. The molecule has 108 valence electrons. The Morgan fingerprint density at radius 1 is 1.50 bits per heavy atom. The lowest BCUT2D eigenvalue weighted by Crippen LogP contribution is -2.15. The number of sulfone groups is 1. The van der Waals surface area contributed by atoms with E-state index in [1.165, 1.54) is 31.3 Å². The van der Waals surface area contributed by atoms with Crippen LogP contribution in [0.2, 0.25) is 0 Å². The highest BCUT2D eigenvalue weighted by molar-refractivity contribution is 7.91. The minimum atomic E-state index is -3.64. The summed E-state index contributed by atoms with van der Waals surface area (Å²) >= 11 is 0. The number of nitrogens with zero attached hydrogens (tertiary/aromatic N) is 2. The molecule has 1 aromatic rings. The molecule has 0 amide bonds. The molecule has 0 atom stereocenters. The van der Waals surface area contributed by atoms with Gasteiger partial charge in [0.1, 0.15) is 0 Å². The molecule has 0 spiro atoms. The number of rotatable bonds is 5. The van der Waals surface area contributed by atoms with Gasteiger partial charge in [-0.2, -0.15) is 0 Å². The van der Waals surface area contributed by atoms with Gasteiger partial charge in [-0.1, -0.05) is 0 Å². The Labute approximate surface area is 116 Å². The third kappa shape index (κ3) is 3.89. The molecule has 0 saturated heterocycles. The molecule has 0 aliphatic rings. The van der Waals surface area contributed by atoms with E-state index in [1.54, 1.807) is 7.05 Å². The fourth-order valence-corrected chi connectivity index (χ4v) is 3.13. The Bertz CT molecular complexity index is 678. The lowest BCUT2D eigenvalue weighted by molar-refractivity contribution is -0.385. The van der Waals surface area contributed by atoms with E-state index in [9.17, 15) is 18.5 Å². The molecule has 0 fully saturated rings. The molecule has 8 heteroatoms. The van der Waals surface area contributed by atoms with Crippen molar-refractivity contribution < 1.29 is 13.3 Å². The van der Waals surface area contributed by atoms with Crippen molar-refractivity contribution in [3.05, 3.63) is 45.6 Å². The molecule has 0 aliphatic heterocycles. The first-order valence-electron chi connectivity index (χ1n) is 5.62. The Balaban J connectivity index is 3.14. The molecule has 0 aromatic heterocycles. The number of allylic oxidation sites excluding steroid dienone is 1. The van der Waals surface area contributed by atoms with Gasteiger partial charge in [0.05, 0.1) is 15.6 Å². The lowest BCUT2D eigenvalue weighted by Gasteiger charge is -2.07. The number of non-ortho nitro benzene ring substituents is 1. The van der Waals surface area contributed by atoms with Gasteiger partial charge in [-0.05, 0) is 24.6 Å². The summed E-state index contributed by atoms with van der Waals surface area (Å²) in [7, 11) is -2.10. The van der Waals surface area contributed by atoms with Gasteiger partial charge in [0.2, 0.25) is 0 Å². The molecule has 0 heterocycles. The summed E-state index contributed by atoms with van der Waals surface area (Å²) in [5.41, 5.74) is 5.91. The second-order valence-electron chi connectivity index (χ2n) is 4.11. The third-order valence-electron chi connectivity index (χ3n) is 2.50. The van der Waals surface area contributed by atoms with Gasteiger partial charge in [0, 0.05) is 31.1 Å². The van der Waals surface area contributed by atoms with Gasteiger partial charge in [-0.3, -0.25) is 15.1 Å². The smallest absolute Gasteiger partial charge is 0.269 e. The highest BCUT2D eigenvalue weighted by Crippen LogP contribution is 2.22. The Morgan fingerprint density at radius 2 is 2.15 bits per heavy atom. The first kappa shape index (κ1) is 15.8. The van der Waals surface area contributed by atoms with Gasteiger partial charge in [-0.15, -0.1) is 0 Å². The van der Waals surface area contributed by atoms with E-state index in [4.69, 9.17) is 5.73 Å². The number of hydrogen-bond acceptors (Lipinski definition) is 6. The summed E-state index contributed by atoms with van der Waals surface area (Å²) in [6.07, 6.45) is 2.80. The van der Waals surface area contributed by atoms with Crippen LogP contribution in [0, 0.1) is 17.0 Å². The number of nitro benzene ring substituents is 1. The van der Waals surface area contributed by atoms with Crippen LogP contribution in [0.4, 0.5) is 5.69 Å². The molecular weight excluding hydrogens is 282 g/mol. The standard InChI is InChI=1S/C12H15N3O4S/c1-9-7-11(15(16)17)3-4-12(9)20(18,19)8-10(13)5-6-14-2/h3-7H,8,13H2,1-2H3/b10-5-,14-6?. The van der Waals surface area contributed by atoms with Crippen LogP contribution in [0.15, 0.2) is 39.9 Å². The summed E-state index contributed by atoms with van der Waals surface area (Å²) < 4.78 is 24.3. The van der Waals surface area contributed by atoms with E-state index in [2.05, 4.69) is 4.99 Å². The molecule has 1 aromatic carbocycles. The van der Waals surface area contributed by atoms with Crippen LogP contribution < -0.4 is 5.73 Å². The van der Waals surface area contributed by atoms with Gasteiger partial charge in [0.15, 0.2) is 9.84 Å².